The van der Waals surface area contributed by atoms with Gasteiger partial charge < -0.3 is 5.43 Å². The van der Waals surface area contributed by atoms with Crippen LogP contribution in [0.4, 0.5) is 5.82 Å². The normalized spacial score (nSPS) is 10.3. The molecule has 2 rings (SSSR count). The van der Waals surface area contributed by atoms with Crippen molar-refractivity contribution in [2.24, 2.45) is 5.84 Å². The van der Waals surface area contributed by atoms with Gasteiger partial charge in [0.1, 0.15) is 5.82 Å². The van der Waals surface area contributed by atoms with Crippen LogP contribution in [0.15, 0.2) is 34.0 Å². The third kappa shape index (κ3) is 2.58. The number of rotatable bonds is 3. The topological polar surface area (TPSA) is 106 Å². The zero-order valence-electron chi connectivity index (χ0n) is 9.18. The molecule has 0 aliphatic rings. The fourth-order valence-corrected chi connectivity index (χ4v) is 1.57. The smallest absolute Gasteiger partial charge is 0.308 e. The monoisotopic (exact) mass is 267 g/mol. The zero-order chi connectivity index (χ0) is 13.1. The van der Waals surface area contributed by atoms with Gasteiger partial charge in [-0.15, -0.1) is 0 Å². The highest BCUT2D eigenvalue weighted by atomic mass is 35.5. The number of nitrogens with two attached hydrogens (primary N) is 1. The van der Waals surface area contributed by atoms with Gasteiger partial charge in [0, 0.05) is 12.3 Å². The van der Waals surface area contributed by atoms with E-state index in [9.17, 15) is 9.59 Å². The molecule has 0 unspecified atom stereocenters. The van der Waals surface area contributed by atoms with Crippen molar-refractivity contribution in [3.8, 4) is 0 Å². The number of hydrazine groups is 1. The van der Waals surface area contributed by atoms with E-state index in [1.54, 1.807) is 12.1 Å². The minimum atomic E-state index is -0.522. The van der Waals surface area contributed by atoms with Gasteiger partial charge >= 0.3 is 5.69 Å². The molecule has 0 saturated carbocycles. The Labute approximate surface area is 106 Å². The maximum Gasteiger partial charge on any atom is 0.328 e. The third-order valence-electron chi connectivity index (χ3n) is 2.28. The van der Waals surface area contributed by atoms with Crippen LogP contribution in [0.2, 0.25) is 5.02 Å². The summed E-state index contributed by atoms with van der Waals surface area (Å²) in [6, 6.07) is 4.48. The Bertz CT molecular complexity index is 678. The maximum absolute atomic E-state index is 11.5. The number of aromatic amines is 1. The Morgan fingerprint density at radius 3 is 2.83 bits per heavy atom. The second-order valence-corrected chi connectivity index (χ2v) is 3.91. The van der Waals surface area contributed by atoms with Gasteiger partial charge in [0.05, 0.1) is 17.3 Å². The summed E-state index contributed by atoms with van der Waals surface area (Å²) >= 11 is 5.97. The molecule has 0 amide bonds. The number of pyridine rings is 1. The van der Waals surface area contributed by atoms with Crippen molar-refractivity contribution in [3.63, 3.8) is 0 Å². The Morgan fingerprint density at radius 1 is 1.39 bits per heavy atom. The van der Waals surface area contributed by atoms with Gasteiger partial charge in [0.2, 0.25) is 0 Å². The van der Waals surface area contributed by atoms with Gasteiger partial charge in [0.15, 0.2) is 0 Å². The lowest BCUT2D eigenvalue weighted by atomic mass is 10.3. The van der Waals surface area contributed by atoms with E-state index in [-0.39, 0.29) is 6.54 Å². The van der Waals surface area contributed by atoms with Crippen LogP contribution in [0, 0.1) is 0 Å². The SMILES string of the molecule is NNc1ccc(Cl)c(Cn2ccc(=O)[nH]c2=O)n1. The number of nitrogens with zero attached hydrogens (tertiary/aromatic N) is 2. The minimum Gasteiger partial charge on any atom is -0.308 e. The van der Waals surface area contributed by atoms with E-state index < -0.39 is 11.2 Å². The molecule has 8 heteroatoms. The lowest BCUT2D eigenvalue weighted by molar-refractivity contribution is 0.706. The predicted molar refractivity (Wildman–Crippen MR) is 67.5 cm³/mol. The van der Waals surface area contributed by atoms with Gasteiger partial charge in [-0.3, -0.25) is 14.3 Å². The van der Waals surface area contributed by atoms with Gasteiger partial charge in [-0.2, -0.15) is 0 Å². The van der Waals surface area contributed by atoms with Crippen LogP contribution < -0.4 is 22.5 Å². The first-order valence-electron chi connectivity index (χ1n) is 5.02. The highest BCUT2D eigenvalue weighted by Gasteiger charge is 2.06. The molecule has 2 aromatic rings. The first kappa shape index (κ1) is 12.3. The fraction of sp³-hybridized carbons (Fsp3) is 0.100. The zero-order valence-corrected chi connectivity index (χ0v) is 9.94. The highest BCUT2D eigenvalue weighted by Crippen LogP contribution is 2.16. The van der Waals surface area contributed by atoms with Crippen molar-refractivity contribution in [1.29, 1.82) is 0 Å². The molecule has 2 heterocycles. The highest BCUT2D eigenvalue weighted by molar-refractivity contribution is 6.31. The lowest BCUT2D eigenvalue weighted by Crippen LogP contribution is -2.29. The molecule has 94 valence electrons. The Hall–Kier alpha value is -2.12. The molecular formula is C10H10ClN5O2. The van der Waals surface area contributed by atoms with Gasteiger partial charge in [0.25, 0.3) is 5.56 Å². The summed E-state index contributed by atoms with van der Waals surface area (Å²) in [6.07, 6.45) is 1.38. The predicted octanol–water partition coefficient (Wildman–Crippen LogP) is -0.0811. The summed E-state index contributed by atoms with van der Waals surface area (Å²) in [6.45, 7) is 0.143. The number of nitrogen functional groups attached to an aromatic ring is 1. The number of hydrogen-bond donors (Lipinski definition) is 3. The van der Waals surface area contributed by atoms with Crippen molar-refractivity contribution < 1.29 is 0 Å². The van der Waals surface area contributed by atoms with E-state index in [4.69, 9.17) is 17.4 Å². The number of hydrogen-bond acceptors (Lipinski definition) is 5. The largest absolute Gasteiger partial charge is 0.328 e. The standard InChI is InChI=1S/C10H10ClN5O2/c11-6-1-2-8(15-12)13-7(6)5-16-4-3-9(17)14-10(16)18/h1-4H,5,12H2,(H,13,15)(H,14,17,18). The minimum absolute atomic E-state index is 0.143. The van der Waals surface area contributed by atoms with Crippen LogP contribution in [-0.2, 0) is 6.54 Å². The van der Waals surface area contributed by atoms with Gasteiger partial charge in [-0.25, -0.2) is 15.6 Å². The molecule has 0 spiro atoms. The van der Waals surface area contributed by atoms with E-state index >= 15 is 0 Å². The Balaban J connectivity index is 2.39. The lowest BCUT2D eigenvalue weighted by Gasteiger charge is -2.07. The summed E-state index contributed by atoms with van der Waals surface area (Å²) in [5, 5.41) is 0.409. The van der Waals surface area contributed by atoms with Crippen molar-refractivity contribution >= 4 is 17.4 Å². The number of aromatic nitrogens is 3. The number of halogens is 1. The molecule has 18 heavy (non-hydrogen) atoms. The Kier molecular flexibility index (Phi) is 3.45. The number of anilines is 1. The van der Waals surface area contributed by atoms with E-state index in [2.05, 4.69) is 15.4 Å². The molecule has 0 bridgehead atoms. The van der Waals surface area contributed by atoms with Gasteiger partial charge in [-0.1, -0.05) is 11.6 Å². The molecular weight excluding hydrogens is 258 g/mol. The van der Waals surface area contributed by atoms with Crippen molar-refractivity contribution in [3.05, 3.63) is 56.0 Å². The van der Waals surface area contributed by atoms with Crippen LogP contribution in [0.25, 0.3) is 0 Å². The molecule has 0 radical (unpaired) electrons. The molecule has 0 aromatic carbocycles. The summed E-state index contributed by atoms with van der Waals surface area (Å²) in [5.41, 5.74) is 1.89. The summed E-state index contributed by atoms with van der Waals surface area (Å²) < 4.78 is 1.29. The molecule has 4 N–H and O–H groups in total. The van der Waals surface area contributed by atoms with Crippen molar-refractivity contribution in [2.45, 2.75) is 6.54 Å². The Morgan fingerprint density at radius 2 is 2.17 bits per heavy atom. The van der Waals surface area contributed by atoms with E-state index in [1.165, 1.54) is 16.8 Å². The third-order valence-corrected chi connectivity index (χ3v) is 2.63. The quantitative estimate of drug-likeness (QED) is 0.533. The molecule has 0 saturated heterocycles. The summed E-state index contributed by atoms with van der Waals surface area (Å²) in [4.78, 5) is 28.7. The first-order valence-corrected chi connectivity index (χ1v) is 5.40. The van der Waals surface area contributed by atoms with Crippen LogP contribution >= 0.6 is 11.6 Å². The maximum atomic E-state index is 11.5. The molecule has 0 fully saturated rings. The van der Waals surface area contributed by atoms with Crippen LogP contribution in [0.5, 0.6) is 0 Å². The van der Waals surface area contributed by atoms with E-state index in [1.807, 2.05) is 0 Å². The first-order chi connectivity index (χ1) is 8.60. The van der Waals surface area contributed by atoms with E-state index in [0.29, 0.717) is 16.5 Å². The second-order valence-electron chi connectivity index (χ2n) is 3.51. The molecule has 0 aliphatic carbocycles. The molecule has 7 nitrogen and oxygen atoms in total. The number of nitrogens with one attached hydrogen (secondary N) is 2. The fourth-order valence-electron chi connectivity index (χ4n) is 1.41. The van der Waals surface area contributed by atoms with Gasteiger partial charge in [-0.05, 0) is 12.1 Å². The van der Waals surface area contributed by atoms with Crippen LogP contribution in [-0.4, -0.2) is 14.5 Å². The summed E-state index contributed by atoms with van der Waals surface area (Å²) in [7, 11) is 0. The second kappa shape index (κ2) is 5.03. The molecule has 2 aromatic heterocycles. The average Bonchev–Trinajstić information content (AvgIpc) is 2.35. The molecule has 0 atom stereocenters. The van der Waals surface area contributed by atoms with Crippen molar-refractivity contribution in [2.75, 3.05) is 5.43 Å². The van der Waals surface area contributed by atoms with E-state index in [0.717, 1.165) is 0 Å². The summed E-state index contributed by atoms with van der Waals surface area (Å²) in [5.74, 6) is 5.68. The molecule has 0 aliphatic heterocycles. The average molecular weight is 268 g/mol. The van der Waals surface area contributed by atoms with Crippen LogP contribution in [0.3, 0.4) is 0 Å². The van der Waals surface area contributed by atoms with Crippen LogP contribution in [0.1, 0.15) is 5.69 Å². The number of H-pyrrole nitrogens is 1. The van der Waals surface area contributed by atoms with Crippen molar-refractivity contribution in [1.82, 2.24) is 14.5 Å².